The summed E-state index contributed by atoms with van der Waals surface area (Å²) in [4.78, 5) is 34.1. The van der Waals surface area contributed by atoms with Crippen LogP contribution in [-0.2, 0) is 16.1 Å². The van der Waals surface area contributed by atoms with Crippen LogP contribution < -0.4 is 5.56 Å². The summed E-state index contributed by atoms with van der Waals surface area (Å²) in [6.45, 7) is 1.35. The molecule has 0 radical (unpaired) electrons. The van der Waals surface area contributed by atoms with Crippen molar-refractivity contribution in [2.45, 2.75) is 25.5 Å². The van der Waals surface area contributed by atoms with E-state index in [4.69, 9.17) is 9.15 Å². The van der Waals surface area contributed by atoms with Crippen LogP contribution in [0.2, 0.25) is 0 Å². The maximum absolute atomic E-state index is 12.8. The summed E-state index contributed by atoms with van der Waals surface area (Å²) in [6.07, 6.45) is 6.54. The normalized spacial score (nSPS) is 16.8. The second-order valence-corrected chi connectivity index (χ2v) is 6.73. The van der Waals surface area contributed by atoms with Gasteiger partial charge in [-0.25, -0.2) is 4.98 Å². The fraction of sp³-hybridized carbons (Fsp3) is 0.286. The molecule has 1 saturated heterocycles. The molecule has 7 nitrogen and oxygen atoms in total. The summed E-state index contributed by atoms with van der Waals surface area (Å²) >= 11 is 0. The Hall–Kier alpha value is -3.19. The van der Waals surface area contributed by atoms with Crippen molar-refractivity contribution in [3.05, 3.63) is 70.7 Å². The molecule has 0 aliphatic carbocycles. The number of carbonyl (C=O) groups excluding carboxylic acids is 1. The first-order valence-corrected chi connectivity index (χ1v) is 9.29. The van der Waals surface area contributed by atoms with Gasteiger partial charge < -0.3 is 19.0 Å². The van der Waals surface area contributed by atoms with E-state index in [2.05, 4.69) is 9.97 Å². The molecule has 1 N–H and O–H groups in total. The highest BCUT2D eigenvalue weighted by Crippen LogP contribution is 2.16. The third-order valence-electron chi connectivity index (χ3n) is 4.70. The molecule has 1 aliphatic rings. The Bertz CT molecular complexity index is 1030. The minimum atomic E-state index is -0.212. The number of hydrogen-bond acceptors (Lipinski definition) is 5. The highest BCUT2D eigenvalue weighted by molar-refractivity contribution is 5.91. The van der Waals surface area contributed by atoms with Crippen molar-refractivity contribution in [2.75, 3.05) is 13.2 Å². The van der Waals surface area contributed by atoms with Gasteiger partial charge in [0.15, 0.2) is 0 Å². The van der Waals surface area contributed by atoms with Crippen molar-refractivity contribution in [3.63, 3.8) is 0 Å². The van der Waals surface area contributed by atoms with Crippen molar-refractivity contribution in [3.8, 4) is 0 Å². The molecular formula is C21H21N3O4. The fourth-order valence-corrected chi connectivity index (χ4v) is 3.30. The number of carbonyl (C=O) groups is 1. The molecule has 4 rings (SSSR count). The molecule has 144 valence electrons. The van der Waals surface area contributed by atoms with E-state index in [1.807, 2.05) is 6.07 Å². The molecule has 2 aromatic heterocycles. The third kappa shape index (κ3) is 4.20. The fourth-order valence-electron chi connectivity index (χ4n) is 3.30. The largest absolute Gasteiger partial charge is 0.465 e. The maximum atomic E-state index is 12.8. The topological polar surface area (TPSA) is 88.4 Å². The standard InChI is InChI=1S/C21H21N3O4/c25-20(10-9-15-5-3-11-27-15)24(13-16-6-4-12-28-16)14-19-22-18-8-2-1-7-17(18)21(26)23-19/h1-3,5,7-11,16H,4,6,12-14H2,(H,22,23,26)/b10-9+/t16-/m1/s1. The Labute approximate surface area is 161 Å². The number of H-pyrrole nitrogens is 1. The molecular weight excluding hydrogens is 358 g/mol. The minimum Gasteiger partial charge on any atom is -0.465 e. The molecule has 3 aromatic rings. The number of benzene rings is 1. The van der Waals surface area contributed by atoms with Gasteiger partial charge in [0, 0.05) is 19.2 Å². The van der Waals surface area contributed by atoms with Crippen LogP contribution in [0, 0.1) is 0 Å². The zero-order valence-electron chi connectivity index (χ0n) is 15.3. The number of fused-ring (bicyclic) bond motifs is 1. The van der Waals surface area contributed by atoms with Crippen LogP contribution >= 0.6 is 0 Å². The van der Waals surface area contributed by atoms with E-state index >= 15 is 0 Å². The number of furan rings is 1. The van der Waals surface area contributed by atoms with Gasteiger partial charge in [0.2, 0.25) is 5.91 Å². The van der Waals surface area contributed by atoms with Crippen molar-refractivity contribution in [1.82, 2.24) is 14.9 Å². The number of amides is 1. The van der Waals surface area contributed by atoms with Gasteiger partial charge in [-0.05, 0) is 43.2 Å². The zero-order valence-corrected chi connectivity index (χ0v) is 15.3. The van der Waals surface area contributed by atoms with Crippen LogP contribution in [-0.4, -0.2) is 40.0 Å². The molecule has 0 bridgehead atoms. The molecule has 1 aromatic carbocycles. The van der Waals surface area contributed by atoms with E-state index in [9.17, 15) is 9.59 Å². The second-order valence-electron chi connectivity index (χ2n) is 6.73. The predicted octanol–water partition coefficient (Wildman–Crippen LogP) is 2.74. The molecule has 1 fully saturated rings. The van der Waals surface area contributed by atoms with Gasteiger partial charge in [-0.2, -0.15) is 0 Å². The molecule has 1 amide bonds. The molecule has 7 heteroatoms. The lowest BCUT2D eigenvalue weighted by Gasteiger charge is -2.24. The summed E-state index contributed by atoms with van der Waals surface area (Å²) in [5.74, 6) is 0.854. The number of ether oxygens (including phenoxy) is 1. The predicted molar refractivity (Wildman–Crippen MR) is 104 cm³/mol. The number of nitrogens with zero attached hydrogens (tertiary/aromatic N) is 2. The molecule has 0 unspecified atom stereocenters. The quantitative estimate of drug-likeness (QED) is 0.665. The smallest absolute Gasteiger partial charge is 0.258 e. The van der Waals surface area contributed by atoms with Gasteiger partial charge in [-0.15, -0.1) is 0 Å². The molecule has 28 heavy (non-hydrogen) atoms. The number of para-hydroxylation sites is 1. The van der Waals surface area contributed by atoms with E-state index in [1.54, 1.807) is 47.6 Å². The van der Waals surface area contributed by atoms with Crippen molar-refractivity contribution in [2.24, 2.45) is 0 Å². The van der Waals surface area contributed by atoms with Crippen LogP contribution in [0.3, 0.4) is 0 Å². The van der Waals surface area contributed by atoms with E-state index in [-0.39, 0.29) is 24.1 Å². The molecule has 3 heterocycles. The number of nitrogens with one attached hydrogen (secondary N) is 1. The van der Waals surface area contributed by atoms with Crippen LogP contribution in [0.4, 0.5) is 0 Å². The zero-order chi connectivity index (χ0) is 19.3. The molecule has 1 aliphatic heterocycles. The van der Waals surface area contributed by atoms with Crippen molar-refractivity contribution in [1.29, 1.82) is 0 Å². The van der Waals surface area contributed by atoms with E-state index in [0.717, 1.165) is 12.8 Å². The van der Waals surface area contributed by atoms with Gasteiger partial charge >= 0.3 is 0 Å². The lowest BCUT2D eigenvalue weighted by atomic mass is 10.2. The summed E-state index contributed by atoms with van der Waals surface area (Å²) < 4.78 is 10.9. The number of hydrogen-bond donors (Lipinski definition) is 1. The van der Waals surface area contributed by atoms with Gasteiger partial charge in [-0.3, -0.25) is 9.59 Å². The highest BCUT2D eigenvalue weighted by atomic mass is 16.5. The van der Waals surface area contributed by atoms with Gasteiger partial charge in [-0.1, -0.05) is 12.1 Å². The first-order chi connectivity index (χ1) is 13.7. The first-order valence-electron chi connectivity index (χ1n) is 9.29. The minimum absolute atomic E-state index is 0.00635. The van der Waals surface area contributed by atoms with E-state index in [0.29, 0.717) is 35.6 Å². The summed E-state index contributed by atoms with van der Waals surface area (Å²) in [5.41, 5.74) is 0.396. The molecule has 0 saturated carbocycles. The van der Waals surface area contributed by atoms with Crippen LogP contribution in [0.5, 0.6) is 0 Å². The average molecular weight is 379 g/mol. The molecule has 1 atom stereocenters. The Morgan fingerprint density at radius 2 is 2.18 bits per heavy atom. The van der Waals surface area contributed by atoms with E-state index in [1.165, 1.54) is 6.08 Å². The maximum Gasteiger partial charge on any atom is 0.258 e. The number of aromatic nitrogens is 2. The Balaban J connectivity index is 1.57. The van der Waals surface area contributed by atoms with Gasteiger partial charge in [0.25, 0.3) is 5.56 Å². The third-order valence-corrected chi connectivity index (χ3v) is 4.70. The summed E-state index contributed by atoms with van der Waals surface area (Å²) in [6, 6.07) is 10.7. The van der Waals surface area contributed by atoms with E-state index < -0.39 is 0 Å². The Morgan fingerprint density at radius 3 is 2.96 bits per heavy atom. The SMILES string of the molecule is O=C(/C=C/c1ccco1)N(Cc1nc2ccccc2c(=O)[nH]1)C[C@H]1CCCO1. The monoisotopic (exact) mass is 379 g/mol. The lowest BCUT2D eigenvalue weighted by Crippen LogP contribution is -2.36. The first kappa shape index (κ1) is 18.2. The van der Waals surface area contributed by atoms with Gasteiger partial charge in [0.05, 0.1) is 29.8 Å². The van der Waals surface area contributed by atoms with Gasteiger partial charge in [0.1, 0.15) is 11.6 Å². The number of rotatable bonds is 6. The summed E-state index contributed by atoms with van der Waals surface area (Å²) in [5, 5.41) is 0.529. The van der Waals surface area contributed by atoms with Crippen molar-refractivity contribution >= 4 is 22.9 Å². The average Bonchev–Trinajstić information content (AvgIpc) is 3.40. The van der Waals surface area contributed by atoms with Crippen molar-refractivity contribution < 1.29 is 13.9 Å². The van der Waals surface area contributed by atoms with Crippen LogP contribution in [0.15, 0.2) is 57.9 Å². The molecule has 0 spiro atoms. The Kier molecular flexibility index (Phi) is 5.34. The Morgan fingerprint density at radius 1 is 1.29 bits per heavy atom. The van der Waals surface area contributed by atoms with Crippen LogP contribution in [0.1, 0.15) is 24.4 Å². The lowest BCUT2D eigenvalue weighted by molar-refractivity contribution is -0.128. The summed E-state index contributed by atoms with van der Waals surface area (Å²) in [7, 11) is 0. The van der Waals surface area contributed by atoms with Crippen LogP contribution in [0.25, 0.3) is 17.0 Å². The second kappa shape index (κ2) is 8.22. The highest BCUT2D eigenvalue weighted by Gasteiger charge is 2.22. The number of aromatic amines is 1.